The van der Waals surface area contributed by atoms with Crippen molar-refractivity contribution < 1.29 is 13.2 Å². The molecule has 0 amide bonds. The first kappa shape index (κ1) is 34.3. The Balaban J connectivity index is 2.74. The third-order valence-corrected chi connectivity index (χ3v) is 8.48. The zero-order chi connectivity index (χ0) is 28.4. The lowest BCUT2D eigenvalue weighted by molar-refractivity contribution is -0.194. The molecule has 9 heteroatoms. The second-order valence-electron chi connectivity index (χ2n) is 12.6. The second kappa shape index (κ2) is 15.2. The van der Waals surface area contributed by atoms with Crippen LogP contribution in [0.1, 0.15) is 106 Å². The Labute approximate surface area is 225 Å². The maximum absolute atomic E-state index is 14.3. The highest BCUT2D eigenvalue weighted by Gasteiger charge is 2.44. The van der Waals surface area contributed by atoms with E-state index in [1.807, 2.05) is 6.92 Å². The van der Waals surface area contributed by atoms with Crippen molar-refractivity contribution in [3.05, 3.63) is 12.7 Å². The molecule has 0 spiro atoms. The van der Waals surface area contributed by atoms with Crippen LogP contribution < -0.4 is 27.2 Å². The molecule has 220 valence electrons. The number of nitrogens with one attached hydrogen (secondary N) is 4. The van der Waals surface area contributed by atoms with E-state index in [9.17, 15) is 13.2 Å². The third-order valence-electron chi connectivity index (χ3n) is 8.48. The summed E-state index contributed by atoms with van der Waals surface area (Å²) in [6.07, 6.45) is 3.29. The lowest BCUT2D eigenvalue weighted by Gasteiger charge is -2.45. The van der Waals surface area contributed by atoms with Gasteiger partial charge in [-0.25, -0.2) is 10.9 Å². The van der Waals surface area contributed by atoms with E-state index in [0.717, 1.165) is 32.1 Å². The molecule has 0 bridgehead atoms. The summed E-state index contributed by atoms with van der Waals surface area (Å²) in [5, 5.41) is 6.24. The van der Waals surface area contributed by atoms with Crippen molar-refractivity contribution in [1.29, 1.82) is 0 Å². The topological polar surface area (TPSA) is 77.4 Å². The monoisotopic (exact) mass is 534 g/mol. The lowest BCUT2D eigenvalue weighted by Crippen LogP contribution is -2.53. The predicted octanol–water partition coefficient (Wildman–Crippen LogP) is 5.82. The quantitative estimate of drug-likeness (QED) is 0.151. The largest absolute Gasteiger partial charge is 0.392 e. The van der Waals surface area contributed by atoms with Crippen molar-refractivity contribution in [3.63, 3.8) is 0 Å². The van der Waals surface area contributed by atoms with Crippen molar-refractivity contribution in [2.45, 2.75) is 142 Å². The average Bonchev–Trinajstić information content (AvgIpc) is 3.20. The smallest absolute Gasteiger partial charge is 0.302 e. The van der Waals surface area contributed by atoms with E-state index in [-0.39, 0.29) is 35.7 Å². The van der Waals surface area contributed by atoms with E-state index in [4.69, 9.17) is 5.73 Å². The summed E-state index contributed by atoms with van der Waals surface area (Å²) in [4.78, 5) is 2.43. The maximum Gasteiger partial charge on any atom is 0.392 e. The van der Waals surface area contributed by atoms with Crippen LogP contribution in [0.25, 0.3) is 0 Å². The molecule has 1 aliphatic rings. The van der Waals surface area contributed by atoms with Gasteiger partial charge in [-0.1, -0.05) is 45.6 Å². The van der Waals surface area contributed by atoms with E-state index in [2.05, 4.69) is 81.6 Å². The Hall–Kier alpha value is -0.710. The van der Waals surface area contributed by atoms with Crippen molar-refractivity contribution in [3.8, 4) is 0 Å². The van der Waals surface area contributed by atoms with E-state index in [1.54, 1.807) is 6.08 Å². The summed E-state index contributed by atoms with van der Waals surface area (Å²) in [5.74, 6) is -1.20. The molecule has 0 saturated carbocycles. The Bertz CT molecular complexity index is 649. The Morgan fingerprint density at radius 3 is 2.14 bits per heavy atom. The highest BCUT2D eigenvalue weighted by molar-refractivity contribution is 4.89. The summed E-state index contributed by atoms with van der Waals surface area (Å²) in [5.41, 5.74) is 11.7. The van der Waals surface area contributed by atoms with Crippen LogP contribution >= 0.6 is 0 Å². The number of hydrogen-bond acceptors (Lipinski definition) is 6. The molecule has 0 aromatic rings. The van der Waals surface area contributed by atoms with Gasteiger partial charge < -0.3 is 5.73 Å². The van der Waals surface area contributed by atoms with Crippen molar-refractivity contribution >= 4 is 0 Å². The standard InChI is InChI=1S/C28H57F3N6/c1-10-14-22(33-25-34-24(32)35-36-25)19-23(28(29,30)31)21(12-3)16-13-15-20(11-2)17-18-27(7,8)37(9)26(4,5)6/h10,20-25,33-36H,1,11-19,32H2,2-9H3. The molecule has 1 aliphatic heterocycles. The summed E-state index contributed by atoms with van der Waals surface area (Å²) in [7, 11) is 2.18. The van der Waals surface area contributed by atoms with Gasteiger partial charge in [0.25, 0.3) is 0 Å². The van der Waals surface area contributed by atoms with Gasteiger partial charge in [0.1, 0.15) is 12.6 Å². The molecule has 6 nitrogen and oxygen atoms in total. The normalized spacial score (nSPS) is 22.7. The van der Waals surface area contributed by atoms with Gasteiger partial charge in [-0.05, 0) is 85.6 Å². The minimum atomic E-state index is -4.24. The molecular formula is C28H57F3N6. The number of rotatable bonds is 17. The van der Waals surface area contributed by atoms with Crippen molar-refractivity contribution in [1.82, 2.24) is 26.4 Å². The second-order valence-corrected chi connectivity index (χ2v) is 12.6. The summed E-state index contributed by atoms with van der Waals surface area (Å²) in [6, 6.07) is -0.360. The molecule has 0 aromatic heterocycles. The SMILES string of the molecule is C=CCC(CC(C(CC)CCCC(CC)CCC(C)(C)N(C)C(C)(C)C)C(F)(F)F)NC1NNC(N)N1. The fourth-order valence-electron chi connectivity index (χ4n) is 5.64. The highest BCUT2D eigenvalue weighted by Crippen LogP contribution is 2.40. The fourth-order valence-corrected chi connectivity index (χ4v) is 5.64. The fraction of sp³-hybridized carbons (Fsp3) is 0.929. The number of nitrogens with zero attached hydrogens (tertiary/aromatic N) is 1. The van der Waals surface area contributed by atoms with Gasteiger partial charge in [-0.15, -0.1) is 6.58 Å². The molecule has 6 N–H and O–H groups in total. The maximum atomic E-state index is 14.3. The van der Waals surface area contributed by atoms with Crippen LogP contribution in [-0.4, -0.2) is 47.8 Å². The minimum Gasteiger partial charge on any atom is -0.302 e. The molecule has 6 unspecified atom stereocenters. The van der Waals surface area contributed by atoms with Crippen LogP contribution in [0.2, 0.25) is 0 Å². The van der Waals surface area contributed by atoms with E-state index in [1.165, 1.54) is 0 Å². The molecular weight excluding hydrogens is 477 g/mol. The third kappa shape index (κ3) is 11.9. The summed E-state index contributed by atoms with van der Waals surface area (Å²) in [6.45, 7) is 19.1. The summed E-state index contributed by atoms with van der Waals surface area (Å²) >= 11 is 0. The van der Waals surface area contributed by atoms with Gasteiger partial charge in [-0.2, -0.15) is 13.2 Å². The number of nitrogens with two attached hydrogens (primary N) is 1. The van der Waals surface area contributed by atoms with Gasteiger partial charge in [0, 0.05) is 17.1 Å². The first-order chi connectivity index (χ1) is 17.0. The predicted molar refractivity (Wildman–Crippen MR) is 149 cm³/mol. The zero-order valence-electron chi connectivity index (χ0n) is 24.8. The molecule has 1 rings (SSSR count). The Morgan fingerprint density at radius 2 is 1.68 bits per heavy atom. The lowest BCUT2D eigenvalue weighted by atomic mass is 9.79. The highest BCUT2D eigenvalue weighted by atomic mass is 19.4. The molecule has 0 aliphatic carbocycles. The Kier molecular flexibility index (Phi) is 14.1. The van der Waals surface area contributed by atoms with Crippen molar-refractivity contribution in [2.24, 2.45) is 23.5 Å². The number of hydrazine groups is 1. The minimum absolute atomic E-state index is 0.0215. The molecule has 6 atom stereocenters. The van der Waals surface area contributed by atoms with Gasteiger partial charge in [0.2, 0.25) is 0 Å². The molecule has 37 heavy (non-hydrogen) atoms. The van der Waals surface area contributed by atoms with E-state index >= 15 is 0 Å². The molecule has 1 fully saturated rings. The Morgan fingerprint density at radius 1 is 1.03 bits per heavy atom. The van der Waals surface area contributed by atoms with E-state index < -0.39 is 18.4 Å². The summed E-state index contributed by atoms with van der Waals surface area (Å²) < 4.78 is 42.9. The van der Waals surface area contributed by atoms with Gasteiger partial charge in [0.15, 0.2) is 0 Å². The molecule has 0 aromatic carbocycles. The first-order valence-corrected chi connectivity index (χ1v) is 14.2. The number of hydrogen-bond donors (Lipinski definition) is 5. The number of halogens is 3. The first-order valence-electron chi connectivity index (χ1n) is 14.2. The number of alkyl halides is 3. The molecule has 0 radical (unpaired) electrons. The van der Waals surface area contributed by atoms with Crippen LogP contribution in [0, 0.1) is 17.8 Å². The van der Waals surface area contributed by atoms with Gasteiger partial charge >= 0.3 is 6.18 Å². The molecule has 1 heterocycles. The van der Waals surface area contributed by atoms with Crippen LogP contribution in [0.15, 0.2) is 12.7 Å². The van der Waals surface area contributed by atoms with Crippen LogP contribution in [0.3, 0.4) is 0 Å². The van der Waals surface area contributed by atoms with Crippen LogP contribution in [0.5, 0.6) is 0 Å². The van der Waals surface area contributed by atoms with Crippen LogP contribution in [0.4, 0.5) is 13.2 Å². The zero-order valence-corrected chi connectivity index (χ0v) is 24.8. The van der Waals surface area contributed by atoms with Gasteiger partial charge in [-0.3, -0.25) is 15.5 Å². The van der Waals surface area contributed by atoms with Crippen molar-refractivity contribution in [2.75, 3.05) is 7.05 Å². The molecule has 1 saturated heterocycles. The average molecular weight is 535 g/mol. The van der Waals surface area contributed by atoms with Crippen LogP contribution in [-0.2, 0) is 0 Å². The van der Waals surface area contributed by atoms with Gasteiger partial charge in [0.05, 0.1) is 5.92 Å². The van der Waals surface area contributed by atoms with E-state index in [0.29, 0.717) is 25.2 Å².